The molecule has 0 radical (unpaired) electrons. The van der Waals surface area contributed by atoms with Gasteiger partial charge in [0.1, 0.15) is 12.4 Å². The maximum atomic E-state index is 10.6. The maximum absolute atomic E-state index is 10.6. The molecule has 6 nitrogen and oxygen atoms in total. The van der Waals surface area contributed by atoms with E-state index < -0.39 is 20.7 Å². The van der Waals surface area contributed by atoms with E-state index in [-0.39, 0.29) is 11.8 Å². The van der Waals surface area contributed by atoms with Crippen molar-refractivity contribution in [3.05, 3.63) is 29.3 Å². The maximum Gasteiger partial charge on any atom is 0.469 e. The predicted molar refractivity (Wildman–Crippen MR) is 79.3 cm³/mol. The Kier molecular flexibility index (Phi) is 6.38. The summed E-state index contributed by atoms with van der Waals surface area (Å²) in [6.45, 7) is 7.42. The first-order chi connectivity index (χ1) is 9.61. The minimum Gasteiger partial charge on any atom is -0.462 e. The Bertz CT molecular complexity index is 482. The zero-order valence-electron chi connectivity index (χ0n) is 12.7. The van der Waals surface area contributed by atoms with Gasteiger partial charge in [-0.05, 0) is 23.0 Å². The third kappa shape index (κ3) is 5.77. The summed E-state index contributed by atoms with van der Waals surface area (Å²) in [4.78, 5) is 17.3. The van der Waals surface area contributed by atoms with Crippen LogP contribution in [0.4, 0.5) is 0 Å². The van der Waals surface area contributed by atoms with Crippen LogP contribution in [-0.4, -0.2) is 27.8 Å². The number of aliphatic hydroxyl groups is 1. The summed E-state index contributed by atoms with van der Waals surface area (Å²) in [7, 11) is -4.63. The van der Waals surface area contributed by atoms with Crippen LogP contribution in [0.15, 0.2) is 18.2 Å². The smallest absolute Gasteiger partial charge is 0.462 e. The average molecular weight is 318 g/mol. The molecule has 0 fully saturated rings. The van der Waals surface area contributed by atoms with Crippen LogP contribution in [-0.2, 0) is 9.09 Å². The van der Waals surface area contributed by atoms with Crippen molar-refractivity contribution in [1.82, 2.24) is 0 Å². The van der Waals surface area contributed by atoms with Crippen molar-refractivity contribution < 1.29 is 28.7 Å². The van der Waals surface area contributed by atoms with Crippen molar-refractivity contribution in [2.24, 2.45) is 0 Å². The molecule has 0 aliphatic heterocycles. The molecule has 0 bridgehead atoms. The van der Waals surface area contributed by atoms with Gasteiger partial charge in [0.2, 0.25) is 6.29 Å². The summed E-state index contributed by atoms with van der Waals surface area (Å²) < 4.78 is 20.4. The molecule has 0 aliphatic carbocycles. The molecule has 1 unspecified atom stereocenters. The summed E-state index contributed by atoms with van der Waals surface area (Å²) in [6, 6.07) is 5.74. The molecule has 1 rings (SSSR count). The molecule has 0 amide bonds. The Labute approximate surface area is 125 Å². The fourth-order valence-corrected chi connectivity index (χ4v) is 2.27. The van der Waals surface area contributed by atoms with E-state index in [9.17, 15) is 9.67 Å². The Morgan fingerprint density at radius 2 is 1.57 bits per heavy atom. The quantitative estimate of drug-likeness (QED) is 0.528. The van der Waals surface area contributed by atoms with Crippen LogP contribution in [0.1, 0.15) is 50.7 Å². The van der Waals surface area contributed by atoms with E-state index >= 15 is 0 Å². The van der Waals surface area contributed by atoms with Gasteiger partial charge in [-0.3, -0.25) is 4.52 Å². The Morgan fingerprint density at radius 3 is 1.95 bits per heavy atom. The number of ether oxygens (including phenoxy) is 1. The predicted octanol–water partition coefficient (Wildman–Crippen LogP) is 2.74. The highest BCUT2D eigenvalue weighted by Crippen LogP contribution is 2.37. The SMILES string of the molecule is CC(C)c1cccc(C(C)C)c1OC(O)COP(=O)(O)O. The summed E-state index contributed by atoms with van der Waals surface area (Å²) in [5.74, 6) is 0.923. The molecule has 1 atom stereocenters. The second-order valence-corrected chi connectivity index (χ2v) is 6.67. The molecule has 0 heterocycles. The lowest BCUT2D eigenvalue weighted by molar-refractivity contribution is -0.0548. The van der Waals surface area contributed by atoms with Gasteiger partial charge in [-0.1, -0.05) is 45.9 Å². The van der Waals surface area contributed by atoms with Crippen molar-refractivity contribution in [1.29, 1.82) is 0 Å². The first kappa shape index (κ1) is 18.1. The van der Waals surface area contributed by atoms with Crippen molar-refractivity contribution in [3.63, 3.8) is 0 Å². The van der Waals surface area contributed by atoms with Crippen LogP contribution in [0.25, 0.3) is 0 Å². The molecule has 0 aliphatic rings. The molecule has 120 valence electrons. The van der Waals surface area contributed by atoms with Gasteiger partial charge >= 0.3 is 7.82 Å². The van der Waals surface area contributed by atoms with Crippen molar-refractivity contribution in [2.75, 3.05) is 6.61 Å². The summed E-state index contributed by atoms with van der Waals surface area (Å²) >= 11 is 0. The fourth-order valence-electron chi connectivity index (χ4n) is 1.95. The Hall–Kier alpha value is -0.910. The first-order valence-corrected chi connectivity index (χ1v) is 8.32. The summed E-state index contributed by atoms with van der Waals surface area (Å²) in [5.41, 5.74) is 1.85. The highest BCUT2D eigenvalue weighted by atomic mass is 31.2. The molecule has 1 aromatic carbocycles. The van der Waals surface area contributed by atoms with E-state index in [0.717, 1.165) is 11.1 Å². The van der Waals surface area contributed by atoms with Gasteiger partial charge in [0.15, 0.2) is 0 Å². The van der Waals surface area contributed by atoms with Crippen LogP contribution in [0.3, 0.4) is 0 Å². The van der Waals surface area contributed by atoms with Crippen LogP contribution >= 0.6 is 7.82 Å². The number of para-hydroxylation sites is 1. The monoisotopic (exact) mass is 318 g/mol. The number of rotatable bonds is 7. The molecule has 1 aromatic rings. The average Bonchev–Trinajstić information content (AvgIpc) is 2.35. The Balaban J connectivity index is 2.97. The molecule has 0 spiro atoms. The Morgan fingerprint density at radius 1 is 1.10 bits per heavy atom. The molecule has 21 heavy (non-hydrogen) atoms. The van der Waals surface area contributed by atoms with E-state index in [1.807, 2.05) is 45.9 Å². The molecule has 0 saturated heterocycles. The zero-order chi connectivity index (χ0) is 16.2. The van der Waals surface area contributed by atoms with Crippen LogP contribution in [0, 0.1) is 0 Å². The number of hydrogen-bond acceptors (Lipinski definition) is 4. The number of benzene rings is 1. The van der Waals surface area contributed by atoms with E-state index in [2.05, 4.69) is 4.52 Å². The van der Waals surface area contributed by atoms with Crippen LogP contribution < -0.4 is 4.74 Å². The zero-order valence-corrected chi connectivity index (χ0v) is 13.6. The van der Waals surface area contributed by atoms with Gasteiger partial charge in [0, 0.05) is 0 Å². The van der Waals surface area contributed by atoms with E-state index in [1.165, 1.54) is 0 Å². The highest BCUT2D eigenvalue weighted by Gasteiger charge is 2.21. The fraction of sp³-hybridized carbons (Fsp3) is 0.571. The topological polar surface area (TPSA) is 96.2 Å². The minimum atomic E-state index is -4.63. The van der Waals surface area contributed by atoms with Gasteiger partial charge in [-0.25, -0.2) is 4.57 Å². The minimum absolute atomic E-state index is 0.189. The van der Waals surface area contributed by atoms with Gasteiger partial charge in [-0.2, -0.15) is 0 Å². The number of phosphoric acid groups is 1. The second kappa shape index (κ2) is 7.38. The molecule has 0 aromatic heterocycles. The first-order valence-electron chi connectivity index (χ1n) is 6.79. The van der Waals surface area contributed by atoms with Crippen LogP contribution in [0.5, 0.6) is 5.75 Å². The standard InChI is InChI=1S/C14H23O6P/c1-9(2)11-6-5-7-12(10(3)4)14(11)20-13(15)8-19-21(16,17)18/h5-7,9-10,13,15H,8H2,1-4H3,(H2,16,17,18). The molecule has 3 N–H and O–H groups in total. The van der Waals surface area contributed by atoms with Gasteiger partial charge in [0.25, 0.3) is 0 Å². The largest absolute Gasteiger partial charge is 0.469 e. The summed E-state index contributed by atoms with van der Waals surface area (Å²) in [6.07, 6.45) is -1.45. The van der Waals surface area contributed by atoms with Gasteiger partial charge < -0.3 is 19.6 Å². The third-order valence-corrected chi connectivity index (χ3v) is 3.44. The van der Waals surface area contributed by atoms with E-state index in [0.29, 0.717) is 5.75 Å². The molecule has 7 heteroatoms. The lowest BCUT2D eigenvalue weighted by atomic mass is 9.94. The normalized spacial score (nSPS) is 13.8. The number of aliphatic hydroxyl groups excluding tert-OH is 1. The summed E-state index contributed by atoms with van der Waals surface area (Å²) in [5, 5.41) is 9.79. The third-order valence-electron chi connectivity index (χ3n) is 2.96. The van der Waals surface area contributed by atoms with E-state index in [1.54, 1.807) is 0 Å². The highest BCUT2D eigenvalue weighted by molar-refractivity contribution is 7.46. The lowest BCUT2D eigenvalue weighted by Crippen LogP contribution is -2.23. The van der Waals surface area contributed by atoms with Crippen LogP contribution in [0.2, 0.25) is 0 Å². The second-order valence-electron chi connectivity index (χ2n) is 5.43. The van der Waals surface area contributed by atoms with Crippen molar-refractivity contribution in [2.45, 2.75) is 45.8 Å². The number of phosphoric ester groups is 1. The lowest BCUT2D eigenvalue weighted by Gasteiger charge is -2.22. The molecular formula is C14H23O6P. The van der Waals surface area contributed by atoms with E-state index in [4.69, 9.17) is 14.5 Å². The molecular weight excluding hydrogens is 295 g/mol. The number of hydrogen-bond donors (Lipinski definition) is 3. The van der Waals surface area contributed by atoms with Crippen molar-refractivity contribution in [3.8, 4) is 5.75 Å². The van der Waals surface area contributed by atoms with Gasteiger partial charge in [-0.15, -0.1) is 0 Å². The van der Waals surface area contributed by atoms with Crippen molar-refractivity contribution >= 4 is 7.82 Å². The molecule has 0 saturated carbocycles. The van der Waals surface area contributed by atoms with Gasteiger partial charge in [0.05, 0.1) is 0 Å².